The molecule has 0 aromatic heterocycles. The average molecular weight is 176 g/mol. The predicted octanol–water partition coefficient (Wildman–Crippen LogP) is 2.79. The van der Waals surface area contributed by atoms with Gasteiger partial charge in [0.25, 0.3) is 0 Å². The Bertz CT molecular complexity index is 254. The van der Waals surface area contributed by atoms with E-state index in [4.69, 9.17) is 0 Å². The quantitative estimate of drug-likeness (QED) is 0.465. The smallest absolute Gasteiger partial charge is 0.0709 e. The van der Waals surface area contributed by atoms with E-state index in [2.05, 4.69) is 16.6 Å². The van der Waals surface area contributed by atoms with E-state index in [1.165, 1.54) is 0 Å². The first-order chi connectivity index (χ1) is 6.29. The zero-order chi connectivity index (χ0) is 10.1. The van der Waals surface area contributed by atoms with E-state index in [9.17, 15) is 0 Å². The van der Waals surface area contributed by atoms with Crippen molar-refractivity contribution in [1.82, 2.24) is 0 Å². The van der Waals surface area contributed by atoms with Gasteiger partial charge in [-0.05, 0) is 19.9 Å². The number of aliphatic imine (C=N–C) groups is 2. The third-order valence-corrected chi connectivity index (χ3v) is 1.38. The van der Waals surface area contributed by atoms with E-state index in [0.29, 0.717) is 0 Å². The first-order valence-corrected chi connectivity index (χ1v) is 4.20. The summed E-state index contributed by atoms with van der Waals surface area (Å²) in [7, 11) is 1.73. The summed E-state index contributed by atoms with van der Waals surface area (Å²) in [6.45, 7) is 7.54. The van der Waals surface area contributed by atoms with Crippen molar-refractivity contribution in [3.63, 3.8) is 0 Å². The van der Waals surface area contributed by atoms with Crippen LogP contribution in [-0.2, 0) is 0 Å². The SMILES string of the molecule is C=CC(/C=N\C)=C(\C=C/C)/N=C\C. The molecule has 0 heterocycles. The molecule has 0 aromatic rings. The van der Waals surface area contributed by atoms with Crippen LogP contribution in [0, 0.1) is 0 Å². The Kier molecular flexibility index (Phi) is 6.42. The molecule has 2 heteroatoms. The number of allylic oxidation sites excluding steroid dienone is 4. The van der Waals surface area contributed by atoms with Gasteiger partial charge < -0.3 is 0 Å². The van der Waals surface area contributed by atoms with Crippen LogP contribution in [0.1, 0.15) is 13.8 Å². The van der Waals surface area contributed by atoms with Crippen LogP contribution in [0.15, 0.2) is 46.1 Å². The van der Waals surface area contributed by atoms with Gasteiger partial charge in [-0.2, -0.15) is 0 Å². The number of rotatable bonds is 4. The highest BCUT2D eigenvalue weighted by Gasteiger charge is 1.93. The van der Waals surface area contributed by atoms with E-state index >= 15 is 0 Å². The summed E-state index contributed by atoms with van der Waals surface area (Å²) in [5.74, 6) is 0. The van der Waals surface area contributed by atoms with Crippen molar-refractivity contribution in [2.24, 2.45) is 9.98 Å². The van der Waals surface area contributed by atoms with Gasteiger partial charge in [-0.1, -0.05) is 18.7 Å². The molecule has 0 aromatic carbocycles. The van der Waals surface area contributed by atoms with Gasteiger partial charge in [-0.15, -0.1) is 0 Å². The Hall–Kier alpha value is -1.44. The van der Waals surface area contributed by atoms with E-state index in [1.807, 2.05) is 26.0 Å². The summed E-state index contributed by atoms with van der Waals surface area (Å²) in [5.41, 5.74) is 1.81. The predicted molar refractivity (Wildman–Crippen MR) is 60.6 cm³/mol. The fourth-order valence-electron chi connectivity index (χ4n) is 0.873. The van der Waals surface area contributed by atoms with E-state index in [-0.39, 0.29) is 0 Å². The number of nitrogens with zero attached hydrogens (tertiary/aromatic N) is 2. The minimum absolute atomic E-state index is 0.880. The van der Waals surface area contributed by atoms with Crippen LogP contribution in [-0.4, -0.2) is 19.5 Å². The molecule has 2 nitrogen and oxygen atoms in total. The second-order valence-corrected chi connectivity index (χ2v) is 2.32. The van der Waals surface area contributed by atoms with Crippen LogP contribution in [0.3, 0.4) is 0 Å². The van der Waals surface area contributed by atoms with Crippen molar-refractivity contribution in [2.75, 3.05) is 7.05 Å². The van der Waals surface area contributed by atoms with Gasteiger partial charge in [-0.25, -0.2) is 0 Å². The normalized spacial score (nSPS) is 14.4. The molecule has 0 spiro atoms. The van der Waals surface area contributed by atoms with Crippen LogP contribution >= 0.6 is 0 Å². The monoisotopic (exact) mass is 176 g/mol. The second kappa shape index (κ2) is 7.22. The molecule has 0 atom stereocenters. The van der Waals surface area contributed by atoms with Gasteiger partial charge >= 0.3 is 0 Å². The molecule has 0 bridgehead atoms. The minimum Gasteiger partial charge on any atom is -0.296 e. The van der Waals surface area contributed by atoms with Crippen molar-refractivity contribution < 1.29 is 0 Å². The molecular weight excluding hydrogens is 160 g/mol. The summed E-state index contributed by atoms with van der Waals surface area (Å²) in [6.07, 6.45) is 9.11. The Morgan fingerprint density at radius 3 is 2.38 bits per heavy atom. The maximum absolute atomic E-state index is 4.21. The largest absolute Gasteiger partial charge is 0.296 e. The van der Waals surface area contributed by atoms with Gasteiger partial charge in [-0.3, -0.25) is 9.98 Å². The fourth-order valence-corrected chi connectivity index (χ4v) is 0.873. The third-order valence-electron chi connectivity index (χ3n) is 1.38. The number of hydrogen-bond acceptors (Lipinski definition) is 2. The Morgan fingerprint density at radius 1 is 1.31 bits per heavy atom. The second-order valence-electron chi connectivity index (χ2n) is 2.32. The van der Waals surface area contributed by atoms with Crippen LogP contribution in [0.25, 0.3) is 0 Å². The van der Waals surface area contributed by atoms with Gasteiger partial charge in [0, 0.05) is 25.0 Å². The molecular formula is C11H16N2. The topological polar surface area (TPSA) is 24.7 Å². The highest BCUT2D eigenvalue weighted by atomic mass is 14.7. The van der Waals surface area contributed by atoms with Crippen molar-refractivity contribution in [3.8, 4) is 0 Å². The molecule has 0 fully saturated rings. The van der Waals surface area contributed by atoms with Crippen molar-refractivity contribution in [2.45, 2.75) is 13.8 Å². The molecule has 70 valence electrons. The molecule has 0 N–H and O–H groups in total. The lowest BCUT2D eigenvalue weighted by molar-refractivity contribution is 1.37. The molecule has 0 aliphatic heterocycles. The molecule has 0 unspecified atom stereocenters. The molecule has 0 saturated heterocycles. The van der Waals surface area contributed by atoms with Gasteiger partial charge in [0.1, 0.15) is 0 Å². The Morgan fingerprint density at radius 2 is 2.00 bits per heavy atom. The van der Waals surface area contributed by atoms with E-state index < -0.39 is 0 Å². The standard InChI is InChI=1S/C11H16N2/c1-5-8-11(13-7-3)10(6-2)9-12-4/h5-9H,2H2,1,3-4H3/b8-5-,11-10-,12-9-,13-7-. The molecule has 0 aliphatic carbocycles. The summed E-state index contributed by atoms with van der Waals surface area (Å²) in [5, 5.41) is 0. The average Bonchev–Trinajstić information content (AvgIpc) is 2.14. The van der Waals surface area contributed by atoms with Crippen LogP contribution in [0.5, 0.6) is 0 Å². The molecule has 0 radical (unpaired) electrons. The molecule has 0 saturated carbocycles. The van der Waals surface area contributed by atoms with E-state index in [0.717, 1.165) is 11.3 Å². The highest BCUT2D eigenvalue weighted by molar-refractivity contribution is 5.84. The number of hydrogen-bond donors (Lipinski definition) is 0. The lowest BCUT2D eigenvalue weighted by Gasteiger charge is -1.97. The maximum atomic E-state index is 4.21. The molecule has 0 aliphatic rings. The summed E-state index contributed by atoms with van der Waals surface area (Å²) in [6, 6.07) is 0. The van der Waals surface area contributed by atoms with E-state index in [1.54, 1.807) is 25.6 Å². The lowest BCUT2D eigenvalue weighted by atomic mass is 10.2. The zero-order valence-corrected chi connectivity index (χ0v) is 8.49. The first kappa shape index (κ1) is 11.6. The first-order valence-electron chi connectivity index (χ1n) is 4.20. The van der Waals surface area contributed by atoms with Crippen molar-refractivity contribution >= 4 is 12.4 Å². The molecule has 0 amide bonds. The van der Waals surface area contributed by atoms with Gasteiger partial charge in [0.2, 0.25) is 0 Å². The van der Waals surface area contributed by atoms with Gasteiger partial charge in [0.05, 0.1) is 5.70 Å². The Balaban J connectivity index is 5.10. The molecule has 13 heavy (non-hydrogen) atoms. The Labute approximate surface area is 80.1 Å². The summed E-state index contributed by atoms with van der Waals surface area (Å²) < 4.78 is 0. The molecule has 0 rings (SSSR count). The van der Waals surface area contributed by atoms with Crippen LogP contribution in [0.2, 0.25) is 0 Å². The fraction of sp³-hybridized carbons (Fsp3) is 0.273. The zero-order valence-electron chi connectivity index (χ0n) is 8.49. The van der Waals surface area contributed by atoms with Gasteiger partial charge in [0.15, 0.2) is 0 Å². The lowest BCUT2D eigenvalue weighted by Crippen LogP contribution is -1.86. The van der Waals surface area contributed by atoms with Crippen molar-refractivity contribution in [1.29, 1.82) is 0 Å². The van der Waals surface area contributed by atoms with Crippen LogP contribution in [0.4, 0.5) is 0 Å². The van der Waals surface area contributed by atoms with Crippen LogP contribution < -0.4 is 0 Å². The maximum Gasteiger partial charge on any atom is 0.0709 e. The summed E-state index contributed by atoms with van der Waals surface area (Å²) in [4.78, 5) is 8.14. The minimum atomic E-state index is 0.880. The summed E-state index contributed by atoms with van der Waals surface area (Å²) >= 11 is 0. The third kappa shape index (κ3) is 4.21. The van der Waals surface area contributed by atoms with Crippen molar-refractivity contribution in [3.05, 3.63) is 36.1 Å². The highest BCUT2D eigenvalue weighted by Crippen LogP contribution is 2.07.